The summed E-state index contributed by atoms with van der Waals surface area (Å²) >= 11 is 0. The highest BCUT2D eigenvalue weighted by Crippen LogP contribution is 2.26. The fourth-order valence-electron chi connectivity index (χ4n) is 2.03. The van der Waals surface area contributed by atoms with Crippen LogP contribution in [0.25, 0.3) is 0 Å². The van der Waals surface area contributed by atoms with Crippen molar-refractivity contribution >= 4 is 17.9 Å². The Kier molecular flexibility index (Phi) is 6.37. The first-order valence-corrected chi connectivity index (χ1v) is 6.89. The largest absolute Gasteiger partial charge is 0.493 e. The van der Waals surface area contributed by atoms with Crippen LogP contribution in [0.4, 0.5) is 0 Å². The third-order valence-electron chi connectivity index (χ3n) is 3.08. The molecular formula is C15H18O7. The lowest BCUT2D eigenvalue weighted by Crippen LogP contribution is -2.16. The third kappa shape index (κ3) is 4.21. The van der Waals surface area contributed by atoms with Crippen LogP contribution in [-0.4, -0.2) is 39.8 Å². The molecule has 1 aromatic carbocycles. The van der Waals surface area contributed by atoms with Crippen LogP contribution in [-0.2, 0) is 0 Å². The van der Waals surface area contributed by atoms with Gasteiger partial charge in [0.2, 0.25) is 0 Å². The molecule has 0 heterocycles. The average Bonchev–Trinajstić information content (AvgIpc) is 2.45. The highest BCUT2D eigenvalue weighted by atomic mass is 16.5. The van der Waals surface area contributed by atoms with Gasteiger partial charge in [0.1, 0.15) is 11.3 Å². The summed E-state index contributed by atoms with van der Waals surface area (Å²) in [5.41, 5.74) is -1.99. The maximum atomic E-state index is 11.3. The SMILES string of the molecule is CCCCCCOc1ccc(C(=O)O)c(C(=O)O)c1C(=O)O. The first kappa shape index (κ1) is 17.5. The zero-order chi connectivity index (χ0) is 16.7. The molecule has 0 saturated heterocycles. The number of unbranched alkanes of at least 4 members (excludes halogenated alkanes) is 3. The van der Waals surface area contributed by atoms with Crippen LogP contribution in [0.3, 0.4) is 0 Å². The second-order valence-corrected chi connectivity index (χ2v) is 4.69. The summed E-state index contributed by atoms with van der Waals surface area (Å²) in [6.07, 6.45) is 3.68. The molecular weight excluding hydrogens is 292 g/mol. The Bertz CT molecular complexity index is 577. The van der Waals surface area contributed by atoms with Crippen molar-refractivity contribution in [3.05, 3.63) is 28.8 Å². The summed E-state index contributed by atoms with van der Waals surface area (Å²) in [5, 5.41) is 27.3. The van der Waals surface area contributed by atoms with Gasteiger partial charge in [0, 0.05) is 0 Å². The van der Waals surface area contributed by atoms with E-state index in [1.807, 2.05) is 6.92 Å². The minimum Gasteiger partial charge on any atom is -0.493 e. The van der Waals surface area contributed by atoms with Gasteiger partial charge in [-0.15, -0.1) is 0 Å². The van der Waals surface area contributed by atoms with Gasteiger partial charge < -0.3 is 20.1 Å². The van der Waals surface area contributed by atoms with Crippen LogP contribution in [0.15, 0.2) is 12.1 Å². The summed E-state index contributed by atoms with van der Waals surface area (Å²) in [7, 11) is 0. The van der Waals surface area contributed by atoms with Gasteiger partial charge in [-0.1, -0.05) is 26.2 Å². The third-order valence-corrected chi connectivity index (χ3v) is 3.08. The van der Waals surface area contributed by atoms with Gasteiger partial charge in [0.15, 0.2) is 0 Å². The van der Waals surface area contributed by atoms with E-state index >= 15 is 0 Å². The van der Waals surface area contributed by atoms with E-state index in [4.69, 9.17) is 14.9 Å². The summed E-state index contributed by atoms with van der Waals surface area (Å²) in [5.74, 6) is -4.80. The van der Waals surface area contributed by atoms with Crippen molar-refractivity contribution in [2.45, 2.75) is 32.6 Å². The highest BCUT2D eigenvalue weighted by Gasteiger charge is 2.27. The molecule has 120 valence electrons. The predicted octanol–water partition coefficient (Wildman–Crippen LogP) is 2.74. The molecule has 0 amide bonds. The molecule has 0 bridgehead atoms. The van der Waals surface area contributed by atoms with E-state index < -0.39 is 34.6 Å². The van der Waals surface area contributed by atoms with E-state index in [0.29, 0.717) is 6.42 Å². The fourth-order valence-corrected chi connectivity index (χ4v) is 2.03. The molecule has 0 aromatic heterocycles. The highest BCUT2D eigenvalue weighted by molar-refractivity contribution is 6.10. The first-order chi connectivity index (χ1) is 10.4. The minimum absolute atomic E-state index is 0.133. The number of aromatic carboxylic acids is 3. The number of carbonyl (C=O) groups is 3. The Morgan fingerprint density at radius 1 is 0.909 bits per heavy atom. The predicted molar refractivity (Wildman–Crippen MR) is 77.0 cm³/mol. The van der Waals surface area contributed by atoms with E-state index in [1.54, 1.807) is 0 Å². The van der Waals surface area contributed by atoms with Gasteiger partial charge in [-0.25, -0.2) is 14.4 Å². The maximum absolute atomic E-state index is 11.3. The van der Waals surface area contributed by atoms with E-state index in [2.05, 4.69) is 0 Å². The van der Waals surface area contributed by atoms with Crippen LogP contribution in [0.2, 0.25) is 0 Å². The lowest BCUT2D eigenvalue weighted by molar-refractivity contribution is 0.0630. The quantitative estimate of drug-likeness (QED) is 0.599. The van der Waals surface area contributed by atoms with Gasteiger partial charge in [0.05, 0.1) is 17.7 Å². The number of carboxylic acid groups (broad SMARTS) is 3. The zero-order valence-electron chi connectivity index (χ0n) is 12.2. The summed E-state index contributed by atoms with van der Waals surface area (Å²) in [4.78, 5) is 33.6. The minimum atomic E-state index is -1.62. The molecule has 0 spiro atoms. The second-order valence-electron chi connectivity index (χ2n) is 4.69. The number of ether oxygens (including phenoxy) is 1. The lowest BCUT2D eigenvalue weighted by Gasteiger charge is -2.13. The van der Waals surface area contributed by atoms with Gasteiger partial charge in [-0.2, -0.15) is 0 Å². The molecule has 0 aliphatic heterocycles. The van der Waals surface area contributed by atoms with Crippen molar-refractivity contribution in [3.8, 4) is 5.75 Å². The first-order valence-electron chi connectivity index (χ1n) is 6.89. The van der Waals surface area contributed by atoms with Crippen LogP contribution in [0, 0.1) is 0 Å². The molecule has 0 radical (unpaired) electrons. The van der Waals surface area contributed by atoms with Gasteiger partial charge in [-0.3, -0.25) is 0 Å². The fraction of sp³-hybridized carbons (Fsp3) is 0.400. The summed E-state index contributed by atoms with van der Waals surface area (Å²) in [6.45, 7) is 2.29. The molecule has 0 saturated carbocycles. The maximum Gasteiger partial charge on any atom is 0.340 e. The van der Waals surface area contributed by atoms with Crippen molar-refractivity contribution in [1.29, 1.82) is 0 Å². The Balaban J connectivity index is 3.13. The molecule has 3 N–H and O–H groups in total. The van der Waals surface area contributed by atoms with Gasteiger partial charge >= 0.3 is 17.9 Å². The van der Waals surface area contributed by atoms with Crippen molar-refractivity contribution in [2.24, 2.45) is 0 Å². The van der Waals surface area contributed by atoms with E-state index in [0.717, 1.165) is 25.3 Å². The van der Waals surface area contributed by atoms with Crippen molar-refractivity contribution in [1.82, 2.24) is 0 Å². The molecule has 1 aromatic rings. The van der Waals surface area contributed by atoms with Crippen molar-refractivity contribution in [2.75, 3.05) is 6.61 Å². The second kappa shape index (κ2) is 8.02. The number of hydrogen-bond donors (Lipinski definition) is 3. The average molecular weight is 310 g/mol. The number of carboxylic acids is 3. The van der Waals surface area contributed by atoms with Crippen molar-refractivity contribution < 1.29 is 34.4 Å². The monoisotopic (exact) mass is 310 g/mol. The molecule has 0 aliphatic carbocycles. The van der Waals surface area contributed by atoms with Crippen LogP contribution in [0.5, 0.6) is 5.75 Å². The molecule has 7 heteroatoms. The Labute approximate surface area is 127 Å². The number of benzene rings is 1. The molecule has 0 atom stereocenters. The molecule has 0 aliphatic rings. The van der Waals surface area contributed by atoms with Crippen LogP contribution in [0.1, 0.15) is 63.7 Å². The lowest BCUT2D eigenvalue weighted by atomic mass is 10.00. The van der Waals surface area contributed by atoms with Crippen molar-refractivity contribution in [3.63, 3.8) is 0 Å². The van der Waals surface area contributed by atoms with Crippen LogP contribution < -0.4 is 4.74 Å². The summed E-state index contributed by atoms with van der Waals surface area (Å²) in [6, 6.07) is 2.22. The smallest absolute Gasteiger partial charge is 0.340 e. The molecule has 0 fully saturated rings. The van der Waals surface area contributed by atoms with E-state index in [-0.39, 0.29) is 12.4 Å². The van der Waals surface area contributed by atoms with Crippen LogP contribution >= 0.6 is 0 Å². The van der Waals surface area contributed by atoms with Gasteiger partial charge in [0.25, 0.3) is 0 Å². The normalized spacial score (nSPS) is 10.2. The van der Waals surface area contributed by atoms with Gasteiger partial charge in [-0.05, 0) is 18.6 Å². The molecule has 22 heavy (non-hydrogen) atoms. The number of rotatable bonds is 9. The molecule has 7 nitrogen and oxygen atoms in total. The molecule has 0 unspecified atom stereocenters. The van der Waals surface area contributed by atoms with E-state index in [1.165, 1.54) is 6.07 Å². The topological polar surface area (TPSA) is 121 Å². The molecule has 1 rings (SSSR count). The zero-order valence-corrected chi connectivity index (χ0v) is 12.2. The summed E-state index contributed by atoms with van der Waals surface area (Å²) < 4.78 is 5.33. The Morgan fingerprint density at radius 2 is 1.55 bits per heavy atom. The Morgan fingerprint density at radius 3 is 2.05 bits per heavy atom. The number of hydrogen-bond acceptors (Lipinski definition) is 4. The Hall–Kier alpha value is -2.57. The standard InChI is InChI=1S/C15H18O7/c1-2-3-4-5-8-22-10-7-6-9(13(16)17)11(14(18)19)12(10)15(20)21/h6-7H,2-5,8H2,1H3,(H,16,17)(H,18,19)(H,20,21). The van der Waals surface area contributed by atoms with E-state index in [9.17, 15) is 19.5 Å².